The molecule has 0 rings (SSSR count). The second kappa shape index (κ2) is 56.2. The third kappa shape index (κ3) is 53.5. The van der Waals surface area contributed by atoms with E-state index in [0.717, 1.165) is 122 Å². The molecule has 0 aliphatic heterocycles. The summed E-state index contributed by atoms with van der Waals surface area (Å²) in [7, 11) is 0. The van der Waals surface area contributed by atoms with Gasteiger partial charge in [-0.1, -0.05) is 260 Å². The van der Waals surface area contributed by atoms with Crippen molar-refractivity contribution in [3.63, 3.8) is 0 Å². The number of rotatable bonds is 51. The van der Waals surface area contributed by atoms with Crippen molar-refractivity contribution in [3.05, 3.63) is 85.1 Å². The van der Waals surface area contributed by atoms with Gasteiger partial charge in [0.05, 0.1) is 0 Å². The highest BCUT2D eigenvalue weighted by molar-refractivity contribution is 5.71. The Morgan fingerprint density at radius 3 is 0.897 bits per heavy atom. The second-order valence-corrected chi connectivity index (χ2v) is 18.8. The average molecular weight is 948 g/mol. The lowest BCUT2D eigenvalue weighted by Crippen LogP contribution is -2.30. The second-order valence-electron chi connectivity index (χ2n) is 18.8. The van der Waals surface area contributed by atoms with Gasteiger partial charge in [0.2, 0.25) is 0 Å². The Morgan fingerprint density at radius 1 is 0.309 bits per heavy atom. The summed E-state index contributed by atoms with van der Waals surface area (Å²) < 4.78 is 16.8. The molecule has 0 amide bonds. The molecule has 68 heavy (non-hydrogen) atoms. The summed E-state index contributed by atoms with van der Waals surface area (Å²) in [5.74, 6) is -0.895. The Bertz CT molecular complexity index is 1320. The van der Waals surface area contributed by atoms with E-state index in [9.17, 15) is 14.4 Å². The molecule has 0 heterocycles. The Labute approximate surface area is 420 Å². The van der Waals surface area contributed by atoms with Crippen molar-refractivity contribution < 1.29 is 28.6 Å². The lowest BCUT2D eigenvalue weighted by Gasteiger charge is -2.18. The maximum absolute atomic E-state index is 12.8. The fraction of sp³-hybridized carbons (Fsp3) is 0.726. The first-order valence-electron chi connectivity index (χ1n) is 28.6. The third-order valence-electron chi connectivity index (χ3n) is 12.2. The topological polar surface area (TPSA) is 78.9 Å². The molecule has 6 heteroatoms. The maximum Gasteiger partial charge on any atom is 0.306 e. The van der Waals surface area contributed by atoms with Gasteiger partial charge in [0.25, 0.3) is 0 Å². The Morgan fingerprint density at radius 2 is 0.574 bits per heavy atom. The van der Waals surface area contributed by atoms with Gasteiger partial charge in [-0.25, -0.2) is 0 Å². The molecule has 1 unspecified atom stereocenters. The molecule has 0 aromatic carbocycles. The van der Waals surface area contributed by atoms with E-state index in [1.807, 2.05) is 0 Å². The zero-order valence-corrected chi connectivity index (χ0v) is 44.6. The maximum atomic E-state index is 12.8. The number of hydrogen-bond donors (Lipinski definition) is 0. The predicted molar refractivity (Wildman–Crippen MR) is 293 cm³/mol. The van der Waals surface area contributed by atoms with Gasteiger partial charge in [-0.2, -0.15) is 0 Å². The van der Waals surface area contributed by atoms with Gasteiger partial charge in [-0.15, -0.1) is 0 Å². The lowest BCUT2D eigenvalue weighted by atomic mass is 10.0. The van der Waals surface area contributed by atoms with E-state index in [4.69, 9.17) is 14.2 Å². The first-order chi connectivity index (χ1) is 33.5. The van der Waals surface area contributed by atoms with E-state index in [1.54, 1.807) is 0 Å². The van der Waals surface area contributed by atoms with Crippen LogP contribution in [0.2, 0.25) is 0 Å². The van der Waals surface area contributed by atoms with Crippen LogP contribution >= 0.6 is 0 Å². The van der Waals surface area contributed by atoms with Crippen molar-refractivity contribution in [2.75, 3.05) is 13.2 Å². The number of ether oxygens (including phenoxy) is 3. The summed E-state index contributed by atoms with van der Waals surface area (Å²) in [6, 6.07) is 0. The molecular formula is C62H106O6. The van der Waals surface area contributed by atoms with Crippen LogP contribution in [0.25, 0.3) is 0 Å². The zero-order valence-electron chi connectivity index (χ0n) is 44.6. The summed E-state index contributed by atoms with van der Waals surface area (Å²) in [5, 5.41) is 0. The van der Waals surface area contributed by atoms with Crippen LogP contribution in [0.4, 0.5) is 0 Å². The summed E-state index contributed by atoms with van der Waals surface area (Å²) in [6.07, 6.45) is 72.9. The molecule has 0 radical (unpaired) electrons. The van der Waals surface area contributed by atoms with Gasteiger partial charge in [0, 0.05) is 19.3 Å². The smallest absolute Gasteiger partial charge is 0.306 e. The van der Waals surface area contributed by atoms with Gasteiger partial charge in [-0.05, 0) is 77.0 Å². The number of unbranched alkanes of at least 4 members (excludes halogenated alkanes) is 26. The van der Waals surface area contributed by atoms with Crippen LogP contribution < -0.4 is 0 Å². The Kier molecular flexibility index (Phi) is 53.4. The standard InChI is InChI=1S/C62H106O6/c1-4-7-10-13-16-19-22-24-25-26-27-28-29-30-31-32-33-34-35-36-37-39-40-43-46-49-52-55-61(64)67-58-59(57-66-60(63)54-51-48-45-42-21-18-15-12-9-6-3)68-62(65)56-53-50-47-44-41-38-23-20-17-14-11-8-5-2/h7,10,16,19,24-25,27-28,30-31,33-34,36-37,59H,4-6,8-9,11-15,17-18,20-23,26,29,32,35,38-58H2,1-3H3/b10-7-,19-16-,25-24-,28-27-,31-30-,34-33-,37-36-. The number of carbonyl (C=O) groups is 3. The number of allylic oxidation sites excluding steroid dienone is 14. The fourth-order valence-electron chi connectivity index (χ4n) is 7.89. The van der Waals surface area contributed by atoms with Crippen molar-refractivity contribution in [1.82, 2.24) is 0 Å². The van der Waals surface area contributed by atoms with Crippen LogP contribution in [0.3, 0.4) is 0 Å². The van der Waals surface area contributed by atoms with Crippen molar-refractivity contribution in [2.45, 2.75) is 277 Å². The highest BCUT2D eigenvalue weighted by Gasteiger charge is 2.19. The van der Waals surface area contributed by atoms with Crippen molar-refractivity contribution in [3.8, 4) is 0 Å². The van der Waals surface area contributed by atoms with Crippen molar-refractivity contribution >= 4 is 17.9 Å². The molecule has 0 saturated carbocycles. The number of hydrogen-bond acceptors (Lipinski definition) is 6. The van der Waals surface area contributed by atoms with Crippen LogP contribution in [0, 0.1) is 0 Å². The first kappa shape index (κ1) is 64.6. The Hall–Kier alpha value is -3.41. The van der Waals surface area contributed by atoms with Crippen molar-refractivity contribution in [2.24, 2.45) is 0 Å². The van der Waals surface area contributed by atoms with E-state index in [0.29, 0.717) is 19.3 Å². The molecule has 0 aromatic heterocycles. The minimum Gasteiger partial charge on any atom is -0.462 e. The molecule has 390 valence electrons. The van der Waals surface area contributed by atoms with Gasteiger partial charge < -0.3 is 14.2 Å². The SMILES string of the molecule is CC/C=C\C/C=C\C/C=C\C/C=C\C/C=C\C/C=C\C/C=C\CCCCCCCC(=O)OCC(COC(=O)CCCCCCCCCCCC)OC(=O)CCCCCCCCCCCCCCC. The monoisotopic (exact) mass is 947 g/mol. The van der Waals surface area contributed by atoms with Gasteiger partial charge in [0.15, 0.2) is 6.10 Å². The average Bonchev–Trinajstić information content (AvgIpc) is 3.34. The van der Waals surface area contributed by atoms with Gasteiger partial charge in [-0.3, -0.25) is 14.4 Å². The van der Waals surface area contributed by atoms with E-state index >= 15 is 0 Å². The van der Waals surface area contributed by atoms with Crippen LogP contribution in [0.15, 0.2) is 85.1 Å². The first-order valence-corrected chi connectivity index (χ1v) is 28.6. The summed E-state index contributed by atoms with van der Waals surface area (Å²) in [4.78, 5) is 38.0. The summed E-state index contributed by atoms with van der Waals surface area (Å²) in [5.41, 5.74) is 0. The quantitative estimate of drug-likeness (QED) is 0.0262. The molecular weight excluding hydrogens is 841 g/mol. The fourth-order valence-corrected chi connectivity index (χ4v) is 7.89. The minimum atomic E-state index is -0.780. The normalized spacial score (nSPS) is 12.7. The van der Waals surface area contributed by atoms with Crippen LogP contribution in [0.1, 0.15) is 271 Å². The Balaban J connectivity index is 4.28. The highest BCUT2D eigenvalue weighted by atomic mass is 16.6. The lowest BCUT2D eigenvalue weighted by molar-refractivity contribution is -0.167. The van der Waals surface area contributed by atoms with Gasteiger partial charge in [0.1, 0.15) is 13.2 Å². The molecule has 0 aliphatic carbocycles. The third-order valence-corrected chi connectivity index (χ3v) is 12.2. The summed E-state index contributed by atoms with van der Waals surface area (Å²) >= 11 is 0. The molecule has 0 bridgehead atoms. The van der Waals surface area contributed by atoms with Crippen LogP contribution in [0.5, 0.6) is 0 Å². The molecule has 6 nitrogen and oxygen atoms in total. The van der Waals surface area contributed by atoms with Crippen LogP contribution in [-0.4, -0.2) is 37.2 Å². The van der Waals surface area contributed by atoms with Crippen molar-refractivity contribution in [1.29, 1.82) is 0 Å². The molecule has 1 atom stereocenters. The molecule has 0 aromatic rings. The van der Waals surface area contributed by atoms with E-state index in [1.165, 1.54) is 109 Å². The van der Waals surface area contributed by atoms with E-state index < -0.39 is 6.10 Å². The van der Waals surface area contributed by atoms with Gasteiger partial charge >= 0.3 is 17.9 Å². The van der Waals surface area contributed by atoms with E-state index in [-0.39, 0.29) is 31.1 Å². The van der Waals surface area contributed by atoms with E-state index in [2.05, 4.69) is 106 Å². The zero-order chi connectivity index (χ0) is 49.3. The largest absolute Gasteiger partial charge is 0.462 e. The predicted octanol–water partition coefficient (Wildman–Crippen LogP) is 19.2. The minimum absolute atomic E-state index is 0.0793. The summed E-state index contributed by atoms with van der Waals surface area (Å²) in [6.45, 7) is 6.51. The molecule has 0 N–H and O–H groups in total. The van der Waals surface area contributed by atoms with Crippen LogP contribution in [-0.2, 0) is 28.6 Å². The molecule has 0 aliphatic rings. The molecule has 0 fully saturated rings. The molecule has 0 spiro atoms. The number of esters is 3. The highest BCUT2D eigenvalue weighted by Crippen LogP contribution is 2.15. The number of carbonyl (C=O) groups excluding carboxylic acids is 3. The molecule has 0 saturated heterocycles.